The Labute approximate surface area is 130 Å². The molecule has 0 bridgehead atoms. The van der Waals surface area contributed by atoms with Crippen molar-refractivity contribution in [3.63, 3.8) is 0 Å². The summed E-state index contributed by atoms with van der Waals surface area (Å²) >= 11 is 1.74. The summed E-state index contributed by atoms with van der Waals surface area (Å²) < 4.78 is 6.76. The van der Waals surface area contributed by atoms with Gasteiger partial charge in [-0.15, -0.1) is 0 Å². The number of nitrogens with one attached hydrogen (secondary N) is 1. The number of anilines is 1. The van der Waals surface area contributed by atoms with Crippen molar-refractivity contribution in [2.75, 3.05) is 11.9 Å². The van der Waals surface area contributed by atoms with Crippen molar-refractivity contribution in [3.8, 4) is 5.75 Å². The number of rotatable bonds is 5. The summed E-state index contributed by atoms with van der Waals surface area (Å²) in [6, 6.07) is 6.74. The molecule has 4 heteroatoms. The van der Waals surface area contributed by atoms with Gasteiger partial charge in [0.1, 0.15) is 5.75 Å². The first-order valence-electron chi connectivity index (χ1n) is 8.08. The van der Waals surface area contributed by atoms with Crippen LogP contribution < -0.4 is 10.1 Å². The maximum Gasteiger partial charge on any atom is 0.184 e. The molecule has 2 atom stereocenters. The lowest BCUT2D eigenvalue weighted by Crippen LogP contribution is -2.26. The first-order valence-corrected chi connectivity index (χ1v) is 8.90. The first kappa shape index (κ1) is 14.6. The second-order valence-electron chi connectivity index (χ2n) is 5.86. The third-order valence-corrected chi connectivity index (χ3v) is 5.31. The van der Waals surface area contributed by atoms with E-state index >= 15 is 0 Å². The van der Waals surface area contributed by atoms with Crippen LogP contribution in [0.5, 0.6) is 5.75 Å². The van der Waals surface area contributed by atoms with Crippen molar-refractivity contribution in [2.24, 2.45) is 5.92 Å². The Morgan fingerprint density at radius 3 is 3.05 bits per heavy atom. The molecular formula is C17H24N2OS. The van der Waals surface area contributed by atoms with Crippen molar-refractivity contribution in [3.05, 3.63) is 18.2 Å². The van der Waals surface area contributed by atoms with Crippen LogP contribution in [0.15, 0.2) is 18.2 Å². The van der Waals surface area contributed by atoms with Crippen LogP contribution in [0.25, 0.3) is 10.2 Å². The molecule has 2 aromatic rings. The zero-order chi connectivity index (χ0) is 14.7. The summed E-state index contributed by atoms with van der Waals surface area (Å²) in [5.74, 6) is 1.82. The number of thiazole rings is 1. The maximum atomic E-state index is 5.56. The highest BCUT2D eigenvalue weighted by molar-refractivity contribution is 7.22. The minimum absolute atomic E-state index is 0.593. The van der Waals surface area contributed by atoms with E-state index in [1.807, 2.05) is 13.0 Å². The second-order valence-corrected chi connectivity index (χ2v) is 6.89. The van der Waals surface area contributed by atoms with E-state index in [9.17, 15) is 0 Å². The molecule has 1 saturated carbocycles. The molecule has 0 saturated heterocycles. The highest BCUT2D eigenvalue weighted by atomic mass is 32.1. The maximum absolute atomic E-state index is 5.56. The Hall–Kier alpha value is -1.29. The smallest absolute Gasteiger partial charge is 0.184 e. The number of ether oxygens (including phenoxy) is 1. The second kappa shape index (κ2) is 6.65. The lowest BCUT2D eigenvalue weighted by Gasteiger charge is -2.28. The number of aromatic nitrogens is 1. The van der Waals surface area contributed by atoms with Crippen molar-refractivity contribution >= 4 is 26.7 Å². The Kier molecular flexibility index (Phi) is 4.63. The van der Waals surface area contributed by atoms with Crippen LogP contribution in [0, 0.1) is 5.92 Å². The van der Waals surface area contributed by atoms with Crippen LogP contribution in [0.1, 0.15) is 46.0 Å². The zero-order valence-corrected chi connectivity index (χ0v) is 13.7. The van der Waals surface area contributed by atoms with Gasteiger partial charge < -0.3 is 10.1 Å². The van der Waals surface area contributed by atoms with Gasteiger partial charge >= 0.3 is 0 Å². The topological polar surface area (TPSA) is 34.1 Å². The average Bonchev–Trinajstić information content (AvgIpc) is 2.89. The normalized spacial score (nSPS) is 22.4. The lowest BCUT2D eigenvalue weighted by molar-refractivity contribution is 0.327. The third-order valence-electron chi connectivity index (χ3n) is 4.36. The molecule has 21 heavy (non-hydrogen) atoms. The molecule has 0 spiro atoms. The Bertz CT molecular complexity index is 595. The number of hydrogen-bond acceptors (Lipinski definition) is 4. The molecule has 114 valence electrons. The van der Waals surface area contributed by atoms with E-state index in [2.05, 4.69) is 24.4 Å². The molecular weight excluding hydrogens is 280 g/mol. The predicted octanol–water partition coefficient (Wildman–Crippen LogP) is 5.08. The van der Waals surface area contributed by atoms with Gasteiger partial charge in [-0.3, -0.25) is 0 Å². The molecule has 3 nitrogen and oxygen atoms in total. The molecule has 3 rings (SSSR count). The zero-order valence-electron chi connectivity index (χ0n) is 12.9. The van der Waals surface area contributed by atoms with Gasteiger partial charge in [0.2, 0.25) is 0 Å². The van der Waals surface area contributed by atoms with E-state index in [1.165, 1.54) is 36.8 Å². The summed E-state index contributed by atoms with van der Waals surface area (Å²) in [5.41, 5.74) is 1.06. The monoisotopic (exact) mass is 304 g/mol. The Balaban J connectivity index is 1.72. The highest BCUT2D eigenvalue weighted by Gasteiger charge is 2.21. The van der Waals surface area contributed by atoms with Crippen molar-refractivity contribution in [1.82, 2.24) is 4.98 Å². The van der Waals surface area contributed by atoms with Gasteiger partial charge in [0.15, 0.2) is 5.13 Å². The standard InChI is InChI=1S/C17H24N2OS/c1-3-12-6-5-7-13(10-12)18-17-19-15-9-8-14(20-4-2)11-16(15)21-17/h8-9,11-13H,3-7,10H2,1-2H3,(H,18,19). The molecule has 1 heterocycles. The summed E-state index contributed by atoms with van der Waals surface area (Å²) in [7, 11) is 0. The van der Waals surface area contributed by atoms with Crippen LogP contribution >= 0.6 is 11.3 Å². The van der Waals surface area contributed by atoms with E-state index < -0.39 is 0 Å². The largest absolute Gasteiger partial charge is 0.494 e. The fraction of sp³-hybridized carbons (Fsp3) is 0.588. The summed E-state index contributed by atoms with van der Waals surface area (Å²) in [6.45, 7) is 5.02. The average molecular weight is 304 g/mol. The van der Waals surface area contributed by atoms with Crippen molar-refractivity contribution in [2.45, 2.75) is 52.0 Å². The van der Waals surface area contributed by atoms with Gasteiger partial charge in [0.05, 0.1) is 16.8 Å². The molecule has 0 radical (unpaired) electrons. The highest BCUT2D eigenvalue weighted by Crippen LogP contribution is 2.33. The predicted molar refractivity (Wildman–Crippen MR) is 90.4 cm³/mol. The van der Waals surface area contributed by atoms with Gasteiger partial charge in [0, 0.05) is 6.04 Å². The van der Waals surface area contributed by atoms with E-state index in [0.717, 1.165) is 22.3 Å². The minimum Gasteiger partial charge on any atom is -0.494 e. The SMILES string of the molecule is CCOc1ccc2nc(NC3CCCC(CC)C3)sc2c1. The molecule has 2 unspecified atom stereocenters. The molecule has 1 aromatic heterocycles. The number of nitrogens with zero attached hydrogens (tertiary/aromatic N) is 1. The van der Waals surface area contributed by atoms with Crippen LogP contribution in [0.3, 0.4) is 0 Å². The van der Waals surface area contributed by atoms with Crippen LogP contribution in [-0.2, 0) is 0 Å². The van der Waals surface area contributed by atoms with Gasteiger partial charge in [-0.25, -0.2) is 4.98 Å². The van der Waals surface area contributed by atoms with Crippen LogP contribution in [0.4, 0.5) is 5.13 Å². The fourth-order valence-corrected chi connectivity index (χ4v) is 4.16. The molecule has 1 N–H and O–H groups in total. The molecule has 1 aliphatic rings. The third kappa shape index (κ3) is 3.49. The number of fused-ring (bicyclic) bond motifs is 1. The molecule has 1 aromatic carbocycles. The van der Waals surface area contributed by atoms with Gasteiger partial charge in [-0.2, -0.15) is 0 Å². The molecule has 1 fully saturated rings. The number of benzene rings is 1. The van der Waals surface area contributed by atoms with E-state index in [1.54, 1.807) is 11.3 Å². The Morgan fingerprint density at radius 2 is 2.24 bits per heavy atom. The van der Waals surface area contributed by atoms with E-state index in [-0.39, 0.29) is 0 Å². The molecule has 0 amide bonds. The van der Waals surface area contributed by atoms with Crippen molar-refractivity contribution in [1.29, 1.82) is 0 Å². The first-order chi connectivity index (χ1) is 10.3. The van der Waals surface area contributed by atoms with Crippen LogP contribution in [-0.4, -0.2) is 17.6 Å². The molecule has 1 aliphatic carbocycles. The van der Waals surface area contributed by atoms with Crippen LogP contribution in [0.2, 0.25) is 0 Å². The summed E-state index contributed by atoms with van der Waals surface area (Å²) in [6.07, 6.45) is 6.60. The van der Waals surface area contributed by atoms with Crippen molar-refractivity contribution < 1.29 is 4.74 Å². The lowest BCUT2D eigenvalue weighted by atomic mass is 9.84. The summed E-state index contributed by atoms with van der Waals surface area (Å²) in [5, 5.41) is 4.71. The number of hydrogen-bond donors (Lipinski definition) is 1. The minimum atomic E-state index is 0.593. The Morgan fingerprint density at radius 1 is 1.33 bits per heavy atom. The molecule has 0 aliphatic heterocycles. The van der Waals surface area contributed by atoms with Gasteiger partial charge in [-0.1, -0.05) is 37.5 Å². The quantitative estimate of drug-likeness (QED) is 0.837. The van der Waals surface area contributed by atoms with Gasteiger partial charge in [-0.05, 0) is 43.9 Å². The van der Waals surface area contributed by atoms with E-state index in [4.69, 9.17) is 9.72 Å². The van der Waals surface area contributed by atoms with E-state index in [0.29, 0.717) is 12.6 Å². The van der Waals surface area contributed by atoms with Gasteiger partial charge in [0.25, 0.3) is 0 Å². The summed E-state index contributed by atoms with van der Waals surface area (Å²) in [4.78, 5) is 4.71. The fourth-order valence-electron chi connectivity index (χ4n) is 3.19.